The van der Waals surface area contributed by atoms with Crippen LogP contribution in [0.1, 0.15) is 46.5 Å². The quantitative estimate of drug-likeness (QED) is 0.608. The number of aliphatic hydroxyl groups excluding tert-OH is 2. The number of halogens is 1. The zero-order valence-electron chi connectivity index (χ0n) is 16.6. The van der Waals surface area contributed by atoms with E-state index in [1.807, 2.05) is 26.8 Å². The summed E-state index contributed by atoms with van der Waals surface area (Å²) in [4.78, 5) is 23.5. The maximum atomic E-state index is 12.6. The summed E-state index contributed by atoms with van der Waals surface area (Å²) in [5.74, 6) is -1.15. The Morgan fingerprint density at radius 2 is 2.00 bits per heavy atom. The Hall–Kier alpha value is -1.01. The number of hydrogen-bond donors (Lipinski definition) is 3. The van der Waals surface area contributed by atoms with Crippen LogP contribution in [0.15, 0.2) is 23.8 Å². The number of carbonyl (C=O) groups excluding carboxylic acids is 2. The van der Waals surface area contributed by atoms with Crippen LogP contribution in [0, 0.1) is 28.6 Å². The summed E-state index contributed by atoms with van der Waals surface area (Å²) < 4.78 is 0. The monoisotopic (exact) mass is 408 g/mol. The van der Waals surface area contributed by atoms with Gasteiger partial charge in [0.05, 0.1) is 11.0 Å². The first-order valence-electron chi connectivity index (χ1n) is 10.1. The molecule has 2 unspecified atom stereocenters. The van der Waals surface area contributed by atoms with Gasteiger partial charge in [0.15, 0.2) is 11.6 Å². The first kappa shape index (κ1) is 20.3. The predicted octanol–water partition coefficient (Wildman–Crippen LogP) is 2.17. The zero-order valence-corrected chi connectivity index (χ0v) is 17.4. The summed E-state index contributed by atoms with van der Waals surface area (Å²) in [6.45, 7) is 4.97. The highest BCUT2D eigenvalue weighted by molar-refractivity contribution is 6.26. The van der Waals surface area contributed by atoms with E-state index < -0.39 is 39.8 Å². The first-order valence-corrected chi connectivity index (χ1v) is 10.5. The van der Waals surface area contributed by atoms with E-state index in [2.05, 4.69) is 0 Å². The molecule has 0 radical (unpaired) electrons. The fraction of sp³-hybridized carbons (Fsp3) is 0.727. The Balaban J connectivity index is 1.84. The van der Waals surface area contributed by atoms with Crippen LogP contribution >= 0.6 is 11.6 Å². The number of ketones is 2. The van der Waals surface area contributed by atoms with Crippen molar-refractivity contribution in [3.05, 3.63) is 23.8 Å². The second-order valence-electron chi connectivity index (χ2n) is 9.75. The molecule has 4 aliphatic rings. The highest BCUT2D eigenvalue weighted by atomic mass is 35.5. The van der Waals surface area contributed by atoms with Crippen molar-refractivity contribution in [3.63, 3.8) is 0 Å². The van der Waals surface area contributed by atoms with Crippen molar-refractivity contribution in [1.82, 2.24) is 0 Å². The third-order valence-corrected chi connectivity index (χ3v) is 9.72. The number of alkyl halides is 1. The van der Waals surface area contributed by atoms with Crippen molar-refractivity contribution in [2.45, 2.75) is 63.0 Å². The third-order valence-electron chi connectivity index (χ3n) is 8.79. The third kappa shape index (κ3) is 2.09. The lowest BCUT2D eigenvalue weighted by Gasteiger charge is -2.63. The maximum absolute atomic E-state index is 12.6. The second kappa shape index (κ2) is 6.00. The number of Topliss-reactive ketones (excluding diaryl/α,β-unsaturated/α-hetero) is 1. The molecule has 3 fully saturated rings. The molecule has 0 heterocycles. The van der Waals surface area contributed by atoms with Crippen molar-refractivity contribution >= 4 is 23.2 Å². The van der Waals surface area contributed by atoms with Gasteiger partial charge in [0, 0.05) is 10.8 Å². The standard InChI is InChI=1S/C22H29ClO5/c1-12-8-16-15-5-4-13-9-14(25)6-7-19(13,2)21(15,23)17(26)10-20(16,3)22(12,28)18(27)11-24/h6-7,9,12,15-17,24,26,28H,4-5,8,10-11H2,1-3H3/t12-,15?,16?,17-,19-,20-,21-,22-/m0/s1. The molecule has 0 bridgehead atoms. The molecule has 28 heavy (non-hydrogen) atoms. The van der Waals surface area contributed by atoms with E-state index in [9.17, 15) is 24.9 Å². The fourth-order valence-electron chi connectivity index (χ4n) is 7.26. The van der Waals surface area contributed by atoms with Gasteiger partial charge in [-0.3, -0.25) is 9.59 Å². The SMILES string of the molecule is C[C@H]1CC2C3CCC4=CC(=O)C=C[C@]4(C)[C@@]3(Cl)[C@@H](O)C[C@]2(C)[C@@]1(O)C(=O)CO. The largest absolute Gasteiger partial charge is 0.391 e. The second-order valence-corrected chi connectivity index (χ2v) is 10.4. The van der Waals surface area contributed by atoms with Gasteiger partial charge in [0.1, 0.15) is 12.2 Å². The maximum Gasteiger partial charge on any atom is 0.190 e. The average Bonchev–Trinajstić information content (AvgIpc) is 2.84. The van der Waals surface area contributed by atoms with Gasteiger partial charge in [-0.15, -0.1) is 11.6 Å². The smallest absolute Gasteiger partial charge is 0.190 e. The van der Waals surface area contributed by atoms with Gasteiger partial charge in [-0.05, 0) is 55.6 Å². The summed E-state index contributed by atoms with van der Waals surface area (Å²) in [6.07, 6.45) is 6.22. The van der Waals surface area contributed by atoms with Crippen molar-refractivity contribution in [2.75, 3.05) is 6.61 Å². The van der Waals surface area contributed by atoms with E-state index in [1.165, 1.54) is 6.08 Å². The minimum absolute atomic E-state index is 0.0567. The van der Waals surface area contributed by atoms with Crippen LogP contribution in [0.25, 0.3) is 0 Å². The Morgan fingerprint density at radius 1 is 1.32 bits per heavy atom. The lowest BCUT2D eigenvalue weighted by molar-refractivity contribution is -0.179. The Bertz CT molecular complexity index is 805. The van der Waals surface area contributed by atoms with Gasteiger partial charge in [0.2, 0.25) is 0 Å². The van der Waals surface area contributed by atoms with Crippen LogP contribution in [0.2, 0.25) is 0 Å². The molecule has 0 aromatic carbocycles. The van der Waals surface area contributed by atoms with E-state index in [0.29, 0.717) is 19.3 Å². The summed E-state index contributed by atoms with van der Waals surface area (Å²) in [5.41, 5.74) is -2.25. The molecular weight excluding hydrogens is 380 g/mol. The molecule has 3 N–H and O–H groups in total. The van der Waals surface area contributed by atoms with Crippen LogP contribution in [-0.2, 0) is 9.59 Å². The Labute approximate surface area is 170 Å². The molecule has 154 valence electrons. The van der Waals surface area contributed by atoms with Gasteiger partial charge in [-0.25, -0.2) is 0 Å². The van der Waals surface area contributed by atoms with Crippen LogP contribution in [0.4, 0.5) is 0 Å². The number of fused-ring (bicyclic) bond motifs is 5. The molecule has 3 saturated carbocycles. The molecule has 6 heteroatoms. The topological polar surface area (TPSA) is 94.8 Å². The van der Waals surface area contributed by atoms with Crippen LogP contribution in [0.3, 0.4) is 0 Å². The van der Waals surface area contributed by atoms with Crippen molar-refractivity contribution in [2.24, 2.45) is 28.6 Å². The lowest BCUT2D eigenvalue weighted by atomic mass is 9.45. The van der Waals surface area contributed by atoms with Crippen molar-refractivity contribution in [1.29, 1.82) is 0 Å². The summed E-state index contributed by atoms with van der Waals surface area (Å²) in [6, 6.07) is 0. The molecule has 0 aliphatic heterocycles. The van der Waals surface area contributed by atoms with E-state index in [4.69, 9.17) is 11.6 Å². The van der Waals surface area contributed by atoms with Crippen molar-refractivity contribution < 1.29 is 24.9 Å². The lowest BCUT2D eigenvalue weighted by Crippen LogP contribution is -2.69. The average molecular weight is 409 g/mol. The highest BCUT2D eigenvalue weighted by Crippen LogP contribution is 2.71. The highest BCUT2D eigenvalue weighted by Gasteiger charge is 2.74. The van der Waals surface area contributed by atoms with Gasteiger partial charge >= 0.3 is 0 Å². The number of carbonyl (C=O) groups is 2. The van der Waals surface area contributed by atoms with E-state index in [1.54, 1.807) is 6.08 Å². The molecule has 4 rings (SSSR count). The Morgan fingerprint density at radius 3 is 2.64 bits per heavy atom. The first-order chi connectivity index (χ1) is 13.0. The predicted molar refractivity (Wildman–Crippen MR) is 105 cm³/mol. The van der Waals surface area contributed by atoms with Gasteiger partial charge < -0.3 is 15.3 Å². The Kier molecular flexibility index (Phi) is 4.35. The molecule has 0 aromatic heterocycles. The fourth-order valence-corrected chi connectivity index (χ4v) is 7.78. The summed E-state index contributed by atoms with van der Waals surface area (Å²) in [7, 11) is 0. The number of rotatable bonds is 2. The number of allylic oxidation sites excluding steroid dienone is 4. The van der Waals surface area contributed by atoms with E-state index >= 15 is 0 Å². The summed E-state index contributed by atoms with van der Waals surface area (Å²) >= 11 is 7.30. The van der Waals surface area contributed by atoms with E-state index in [-0.39, 0.29) is 30.0 Å². The van der Waals surface area contributed by atoms with Crippen LogP contribution in [0.5, 0.6) is 0 Å². The number of hydrogen-bond acceptors (Lipinski definition) is 5. The molecule has 0 amide bonds. The molecule has 0 aromatic rings. The molecule has 5 nitrogen and oxygen atoms in total. The van der Waals surface area contributed by atoms with Crippen LogP contribution in [-0.4, -0.2) is 50.1 Å². The molecule has 0 saturated heterocycles. The minimum Gasteiger partial charge on any atom is -0.391 e. The summed E-state index contributed by atoms with van der Waals surface area (Å²) in [5, 5.41) is 32.3. The van der Waals surface area contributed by atoms with Gasteiger partial charge in [-0.2, -0.15) is 0 Å². The zero-order chi connectivity index (χ0) is 20.7. The van der Waals surface area contributed by atoms with E-state index in [0.717, 1.165) is 5.57 Å². The normalized spacial score (nSPS) is 52.5. The minimum atomic E-state index is -1.68. The van der Waals surface area contributed by atoms with Crippen LogP contribution < -0.4 is 0 Å². The molecule has 8 atom stereocenters. The molecule has 0 spiro atoms. The van der Waals surface area contributed by atoms with Gasteiger partial charge in [-0.1, -0.05) is 32.4 Å². The number of aliphatic hydroxyl groups is 3. The van der Waals surface area contributed by atoms with Gasteiger partial charge in [0.25, 0.3) is 0 Å². The van der Waals surface area contributed by atoms with Crippen molar-refractivity contribution in [3.8, 4) is 0 Å². The molecule has 4 aliphatic carbocycles. The molecular formula is C22H29ClO5.